The van der Waals surface area contributed by atoms with E-state index in [0.717, 1.165) is 51.9 Å². The number of Topliss-reactive ketones (excluding diaryl/α,β-unsaturated/α-hetero) is 1. The summed E-state index contributed by atoms with van der Waals surface area (Å²) in [6.45, 7) is 2.17. The fourth-order valence-corrected chi connectivity index (χ4v) is 4.68. The number of methoxy groups -OCH3 is 1. The van der Waals surface area contributed by atoms with Crippen molar-refractivity contribution in [3.8, 4) is 16.9 Å². The summed E-state index contributed by atoms with van der Waals surface area (Å²) in [7, 11) is 3.49. The highest BCUT2D eigenvalue weighted by Crippen LogP contribution is 2.38. The molecule has 3 aromatic carbocycles. The first-order valence-corrected chi connectivity index (χ1v) is 11.6. The number of para-hydroxylation sites is 1. The van der Waals surface area contributed by atoms with Gasteiger partial charge in [0.05, 0.1) is 12.8 Å². The number of aromatic nitrogens is 1. The van der Waals surface area contributed by atoms with Gasteiger partial charge in [-0.2, -0.15) is 0 Å². The number of anilines is 1. The minimum absolute atomic E-state index is 0.00177. The Bertz CT molecular complexity index is 1400. The van der Waals surface area contributed by atoms with E-state index in [0.29, 0.717) is 12.2 Å². The van der Waals surface area contributed by atoms with Crippen LogP contribution in [-0.2, 0) is 11.3 Å². The topological polar surface area (TPSA) is 51.5 Å². The highest BCUT2D eigenvalue weighted by molar-refractivity contribution is 6.11. The third kappa shape index (κ3) is 3.98. The van der Waals surface area contributed by atoms with Crippen LogP contribution in [0.2, 0.25) is 0 Å². The lowest BCUT2D eigenvalue weighted by atomic mass is 9.99. The van der Waals surface area contributed by atoms with Gasteiger partial charge in [0.25, 0.3) is 0 Å². The fraction of sp³-hybridized carbons (Fsp3) is 0.241. The minimum atomic E-state index is 0.00177. The summed E-state index contributed by atoms with van der Waals surface area (Å²) in [5, 5.41) is 1.02. The van der Waals surface area contributed by atoms with E-state index in [1.807, 2.05) is 67.7 Å². The molecule has 4 aromatic rings. The highest BCUT2D eigenvalue weighted by Gasteiger charge is 2.32. The van der Waals surface area contributed by atoms with E-state index in [2.05, 4.69) is 16.7 Å². The van der Waals surface area contributed by atoms with Gasteiger partial charge in [0.1, 0.15) is 5.75 Å². The molecule has 0 saturated heterocycles. The van der Waals surface area contributed by atoms with Gasteiger partial charge in [0.15, 0.2) is 5.78 Å². The van der Waals surface area contributed by atoms with Crippen LogP contribution in [0.4, 0.5) is 5.69 Å². The summed E-state index contributed by atoms with van der Waals surface area (Å²) < 4.78 is 7.49. The Hall–Kier alpha value is -3.86. The maximum atomic E-state index is 13.1. The molecule has 1 aliphatic carbocycles. The SMILES string of the molecule is COc1cccc(Cn2c(C(C)=O)c(-c3cccc(N(C)C(=O)C4CC4)c3)c3ccccc32)c1. The van der Waals surface area contributed by atoms with Gasteiger partial charge >= 0.3 is 0 Å². The maximum absolute atomic E-state index is 13.1. The summed E-state index contributed by atoms with van der Waals surface area (Å²) in [5.41, 5.74) is 5.39. The number of hydrogen-bond donors (Lipinski definition) is 0. The maximum Gasteiger partial charge on any atom is 0.229 e. The molecule has 34 heavy (non-hydrogen) atoms. The van der Waals surface area contributed by atoms with Gasteiger partial charge in [-0.15, -0.1) is 0 Å². The van der Waals surface area contributed by atoms with Gasteiger partial charge in [-0.3, -0.25) is 9.59 Å². The summed E-state index contributed by atoms with van der Waals surface area (Å²) in [4.78, 5) is 27.5. The lowest BCUT2D eigenvalue weighted by Gasteiger charge is -2.18. The summed E-state index contributed by atoms with van der Waals surface area (Å²) in [6, 6.07) is 24.0. The Balaban J connectivity index is 1.66. The van der Waals surface area contributed by atoms with Gasteiger partial charge < -0.3 is 14.2 Å². The Kier molecular flexibility index (Phi) is 5.70. The summed E-state index contributed by atoms with van der Waals surface area (Å²) in [6.07, 6.45) is 1.93. The van der Waals surface area contributed by atoms with Crippen LogP contribution in [0, 0.1) is 5.92 Å². The first-order valence-electron chi connectivity index (χ1n) is 11.6. The van der Waals surface area contributed by atoms with Crippen molar-refractivity contribution in [2.24, 2.45) is 5.92 Å². The number of nitrogens with zero attached hydrogens (tertiary/aromatic N) is 2. The molecule has 0 atom stereocenters. The molecule has 1 aromatic heterocycles. The zero-order chi connectivity index (χ0) is 23.8. The normalized spacial score (nSPS) is 13.1. The number of fused-ring (bicyclic) bond motifs is 1. The van der Waals surface area contributed by atoms with Crippen molar-refractivity contribution in [1.29, 1.82) is 0 Å². The predicted molar refractivity (Wildman–Crippen MR) is 136 cm³/mol. The molecule has 0 radical (unpaired) electrons. The predicted octanol–water partition coefficient (Wildman–Crippen LogP) is 5.94. The lowest BCUT2D eigenvalue weighted by Crippen LogP contribution is -2.27. The van der Waals surface area contributed by atoms with Crippen LogP contribution in [0.15, 0.2) is 72.8 Å². The van der Waals surface area contributed by atoms with Crippen molar-refractivity contribution in [2.75, 3.05) is 19.1 Å². The van der Waals surface area contributed by atoms with Crippen LogP contribution in [0.25, 0.3) is 22.0 Å². The minimum Gasteiger partial charge on any atom is -0.497 e. The van der Waals surface area contributed by atoms with Gasteiger partial charge in [-0.25, -0.2) is 0 Å². The largest absolute Gasteiger partial charge is 0.497 e. The van der Waals surface area contributed by atoms with Gasteiger partial charge in [-0.05, 0) is 54.3 Å². The van der Waals surface area contributed by atoms with E-state index in [4.69, 9.17) is 4.74 Å². The monoisotopic (exact) mass is 452 g/mol. The number of rotatable bonds is 7. The van der Waals surface area contributed by atoms with E-state index in [9.17, 15) is 9.59 Å². The Morgan fingerprint density at radius 3 is 2.50 bits per heavy atom. The van der Waals surface area contributed by atoms with Crippen LogP contribution >= 0.6 is 0 Å². The molecule has 1 aliphatic rings. The number of amides is 1. The first kappa shape index (κ1) is 22.0. The molecule has 0 bridgehead atoms. The van der Waals surface area contributed by atoms with Crippen LogP contribution < -0.4 is 9.64 Å². The lowest BCUT2D eigenvalue weighted by molar-refractivity contribution is -0.119. The standard InChI is InChI=1S/C29H28N2O3/c1-19(32)28-27(22-9-7-10-23(17-22)30(2)29(33)21-14-15-21)25-12-4-5-13-26(25)31(28)18-20-8-6-11-24(16-20)34-3/h4-13,16-17,21H,14-15,18H2,1-3H3. The van der Waals surface area contributed by atoms with Crippen molar-refractivity contribution in [3.05, 3.63) is 84.1 Å². The molecule has 0 N–H and O–H groups in total. The average Bonchev–Trinajstić information content (AvgIpc) is 3.66. The highest BCUT2D eigenvalue weighted by atomic mass is 16.5. The van der Waals surface area contributed by atoms with E-state index in [1.54, 1.807) is 18.9 Å². The number of carbonyl (C=O) groups excluding carboxylic acids is 2. The Morgan fingerprint density at radius 2 is 1.76 bits per heavy atom. The van der Waals surface area contributed by atoms with Gasteiger partial charge in [-0.1, -0.05) is 42.5 Å². The summed E-state index contributed by atoms with van der Waals surface area (Å²) in [5.74, 6) is 1.09. The molecule has 1 heterocycles. The third-order valence-corrected chi connectivity index (χ3v) is 6.56. The Morgan fingerprint density at radius 1 is 1.00 bits per heavy atom. The molecular formula is C29H28N2O3. The quantitative estimate of drug-likeness (QED) is 0.326. The molecule has 1 saturated carbocycles. The molecule has 5 rings (SSSR count). The molecule has 172 valence electrons. The number of hydrogen-bond acceptors (Lipinski definition) is 3. The zero-order valence-electron chi connectivity index (χ0n) is 19.7. The zero-order valence-corrected chi connectivity index (χ0v) is 19.7. The van der Waals surface area contributed by atoms with E-state index >= 15 is 0 Å². The van der Waals surface area contributed by atoms with Gasteiger partial charge in [0.2, 0.25) is 5.91 Å². The van der Waals surface area contributed by atoms with E-state index in [-0.39, 0.29) is 17.6 Å². The molecule has 0 unspecified atom stereocenters. The molecular weight excluding hydrogens is 424 g/mol. The van der Waals surface area contributed by atoms with E-state index < -0.39 is 0 Å². The average molecular weight is 453 g/mol. The molecule has 5 nitrogen and oxygen atoms in total. The van der Waals surface area contributed by atoms with Crippen LogP contribution in [-0.4, -0.2) is 30.4 Å². The second kappa shape index (κ2) is 8.82. The smallest absolute Gasteiger partial charge is 0.229 e. The number of carbonyl (C=O) groups is 2. The second-order valence-electron chi connectivity index (χ2n) is 8.96. The molecule has 0 spiro atoms. The van der Waals surface area contributed by atoms with Crippen molar-refractivity contribution in [2.45, 2.75) is 26.3 Å². The third-order valence-electron chi connectivity index (χ3n) is 6.56. The molecule has 5 heteroatoms. The number of ketones is 1. The van der Waals surface area contributed by atoms with Crippen molar-refractivity contribution < 1.29 is 14.3 Å². The van der Waals surface area contributed by atoms with Crippen molar-refractivity contribution in [3.63, 3.8) is 0 Å². The fourth-order valence-electron chi connectivity index (χ4n) is 4.68. The van der Waals surface area contributed by atoms with Crippen LogP contribution in [0.5, 0.6) is 5.75 Å². The number of benzene rings is 3. The molecule has 0 aliphatic heterocycles. The molecule has 1 fully saturated rings. The van der Waals surface area contributed by atoms with Gasteiger partial charge in [0, 0.05) is 48.6 Å². The van der Waals surface area contributed by atoms with E-state index in [1.165, 1.54) is 0 Å². The van der Waals surface area contributed by atoms with Crippen molar-refractivity contribution in [1.82, 2.24) is 4.57 Å². The van der Waals surface area contributed by atoms with Crippen LogP contribution in [0.1, 0.15) is 35.8 Å². The summed E-state index contributed by atoms with van der Waals surface area (Å²) >= 11 is 0. The van der Waals surface area contributed by atoms with Crippen LogP contribution in [0.3, 0.4) is 0 Å². The molecule has 1 amide bonds. The van der Waals surface area contributed by atoms with Crippen molar-refractivity contribution >= 4 is 28.3 Å². The second-order valence-corrected chi connectivity index (χ2v) is 8.96. The Labute approximate surface area is 199 Å². The number of ether oxygens (including phenoxy) is 1. The first-order chi connectivity index (χ1) is 16.5.